The van der Waals surface area contributed by atoms with Gasteiger partial charge >= 0.3 is 0 Å². The second-order valence-corrected chi connectivity index (χ2v) is 7.46. The largest absolute Gasteiger partial charge is 0.371 e. The third-order valence-corrected chi connectivity index (χ3v) is 5.66. The molecule has 1 saturated heterocycles. The molecule has 4 heteroatoms. The lowest BCUT2D eigenvalue weighted by Gasteiger charge is -2.23. The van der Waals surface area contributed by atoms with Crippen molar-refractivity contribution in [2.24, 2.45) is 5.73 Å². The van der Waals surface area contributed by atoms with E-state index < -0.39 is 0 Å². The van der Waals surface area contributed by atoms with Crippen LogP contribution in [-0.2, 0) is 4.79 Å². The Morgan fingerprint density at radius 1 is 0.962 bits per heavy atom. The maximum absolute atomic E-state index is 12.9. The molecule has 1 aliphatic carbocycles. The van der Waals surface area contributed by atoms with E-state index in [-0.39, 0.29) is 17.9 Å². The van der Waals surface area contributed by atoms with Crippen LogP contribution in [0.2, 0.25) is 0 Å². The number of rotatable bonds is 3. The molecular weight excluding hydrogens is 322 g/mol. The second kappa shape index (κ2) is 7.50. The number of nitrogens with zero attached hydrogens (tertiary/aromatic N) is 1. The summed E-state index contributed by atoms with van der Waals surface area (Å²) in [5.41, 5.74) is 10.5. The van der Waals surface area contributed by atoms with E-state index in [0.29, 0.717) is 6.42 Å². The first kappa shape index (κ1) is 17.1. The average molecular weight is 349 g/mol. The fraction of sp³-hybridized carbons (Fsp3) is 0.409. The SMILES string of the molecule is NC1CC(C(=O)Nc2cccc(N3CCCCCC3)c2)c2ccccc21. The predicted octanol–water partition coefficient (Wildman–Crippen LogP) is 4.19. The van der Waals surface area contributed by atoms with Crippen molar-refractivity contribution in [1.29, 1.82) is 0 Å². The number of amides is 1. The minimum atomic E-state index is -0.164. The molecule has 1 aliphatic heterocycles. The van der Waals surface area contributed by atoms with Gasteiger partial charge in [0, 0.05) is 30.5 Å². The number of carbonyl (C=O) groups is 1. The van der Waals surface area contributed by atoms with E-state index in [2.05, 4.69) is 22.3 Å². The summed E-state index contributed by atoms with van der Waals surface area (Å²) in [6, 6.07) is 16.2. The summed E-state index contributed by atoms with van der Waals surface area (Å²) < 4.78 is 0. The van der Waals surface area contributed by atoms with E-state index in [0.717, 1.165) is 29.9 Å². The van der Waals surface area contributed by atoms with E-state index in [1.54, 1.807) is 0 Å². The molecule has 2 unspecified atom stereocenters. The normalized spacial score (nSPS) is 22.6. The lowest BCUT2D eigenvalue weighted by Crippen LogP contribution is -2.24. The van der Waals surface area contributed by atoms with Crippen LogP contribution in [-0.4, -0.2) is 19.0 Å². The van der Waals surface area contributed by atoms with Crippen molar-refractivity contribution in [3.05, 3.63) is 59.7 Å². The molecular formula is C22H27N3O. The quantitative estimate of drug-likeness (QED) is 0.873. The van der Waals surface area contributed by atoms with Crippen LogP contribution in [0.25, 0.3) is 0 Å². The van der Waals surface area contributed by atoms with Crippen LogP contribution in [0.4, 0.5) is 11.4 Å². The van der Waals surface area contributed by atoms with E-state index in [1.165, 1.54) is 31.4 Å². The molecule has 1 heterocycles. The third-order valence-electron chi connectivity index (χ3n) is 5.66. The standard InChI is InChI=1S/C22H27N3O/c23-21-15-20(18-10-3-4-11-19(18)21)22(26)24-16-8-7-9-17(14-16)25-12-5-1-2-6-13-25/h3-4,7-11,14,20-21H,1-2,5-6,12-13,15,23H2,(H,24,26). The number of hydrogen-bond donors (Lipinski definition) is 2. The maximum Gasteiger partial charge on any atom is 0.232 e. The van der Waals surface area contributed by atoms with Crippen LogP contribution in [0.15, 0.2) is 48.5 Å². The van der Waals surface area contributed by atoms with Crippen molar-refractivity contribution in [2.75, 3.05) is 23.3 Å². The van der Waals surface area contributed by atoms with Crippen LogP contribution in [0, 0.1) is 0 Å². The first-order chi connectivity index (χ1) is 12.7. The van der Waals surface area contributed by atoms with Crippen LogP contribution in [0.3, 0.4) is 0 Å². The summed E-state index contributed by atoms with van der Waals surface area (Å²) in [6.07, 6.45) is 5.79. The zero-order valence-electron chi connectivity index (χ0n) is 15.2. The summed E-state index contributed by atoms with van der Waals surface area (Å²) in [4.78, 5) is 15.3. The lowest BCUT2D eigenvalue weighted by molar-refractivity contribution is -0.117. The highest BCUT2D eigenvalue weighted by molar-refractivity contribution is 5.97. The van der Waals surface area contributed by atoms with Crippen LogP contribution < -0.4 is 16.0 Å². The van der Waals surface area contributed by atoms with Gasteiger partial charge in [0.25, 0.3) is 0 Å². The van der Waals surface area contributed by atoms with Gasteiger partial charge in [-0.1, -0.05) is 43.2 Å². The topological polar surface area (TPSA) is 58.4 Å². The fourth-order valence-corrected chi connectivity index (χ4v) is 4.26. The molecule has 2 aromatic carbocycles. The van der Waals surface area contributed by atoms with Crippen molar-refractivity contribution >= 4 is 17.3 Å². The Hall–Kier alpha value is -2.33. The van der Waals surface area contributed by atoms with Gasteiger partial charge in [-0.3, -0.25) is 4.79 Å². The zero-order chi connectivity index (χ0) is 17.9. The first-order valence-electron chi connectivity index (χ1n) is 9.72. The van der Waals surface area contributed by atoms with Crippen molar-refractivity contribution < 1.29 is 4.79 Å². The number of benzene rings is 2. The monoisotopic (exact) mass is 349 g/mol. The molecule has 4 rings (SSSR count). The smallest absolute Gasteiger partial charge is 0.232 e. The van der Waals surface area contributed by atoms with Crippen molar-refractivity contribution in [3.8, 4) is 0 Å². The minimum Gasteiger partial charge on any atom is -0.371 e. The molecule has 3 N–H and O–H groups in total. The van der Waals surface area contributed by atoms with Crippen LogP contribution in [0.5, 0.6) is 0 Å². The van der Waals surface area contributed by atoms with Gasteiger partial charge in [-0.2, -0.15) is 0 Å². The number of nitrogens with one attached hydrogen (secondary N) is 1. The minimum absolute atomic E-state index is 0.0402. The van der Waals surface area contributed by atoms with E-state index in [4.69, 9.17) is 5.73 Å². The summed E-state index contributed by atoms with van der Waals surface area (Å²) in [5.74, 6) is -0.124. The fourth-order valence-electron chi connectivity index (χ4n) is 4.26. The molecule has 26 heavy (non-hydrogen) atoms. The van der Waals surface area contributed by atoms with Gasteiger partial charge in [0.05, 0.1) is 5.92 Å². The van der Waals surface area contributed by atoms with Gasteiger partial charge in [0.2, 0.25) is 5.91 Å². The Morgan fingerprint density at radius 2 is 1.69 bits per heavy atom. The van der Waals surface area contributed by atoms with Gasteiger partial charge in [0.15, 0.2) is 0 Å². The molecule has 0 saturated carbocycles. The van der Waals surface area contributed by atoms with Gasteiger partial charge < -0.3 is 16.0 Å². The predicted molar refractivity (Wildman–Crippen MR) is 106 cm³/mol. The Morgan fingerprint density at radius 3 is 2.46 bits per heavy atom. The molecule has 0 spiro atoms. The highest BCUT2D eigenvalue weighted by atomic mass is 16.1. The Labute approximate surface area is 155 Å². The Balaban J connectivity index is 1.49. The highest BCUT2D eigenvalue weighted by Crippen LogP contribution is 2.39. The zero-order valence-corrected chi connectivity index (χ0v) is 15.2. The Kier molecular flexibility index (Phi) is 4.93. The molecule has 0 radical (unpaired) electrons. The first-order valence-corrected chi connectivity index (χ1v) is 9.72. The Bertz CT molecular complexity index is 780. The van der Waals surface area contributed by atoms with Crippen LogP contribution in [0.1, 0.15) is 55.2 Å². The highest BCUT2D eigenvalue weighted by Gasteiger charge is 2.33. The molecule has 2 aromatic rings. The van der Waals surface area contributed by atoms with E-state index in [1.807, 2.05) is 36.4 Å². The summed E-state index contributed by atoms with van der Waals surface area (Å²) in [6.45, 7) is 2.20. The molecule has 1 fully saturated rings. The summed E-state index contributed by atoms with van der Waals surface area (Å²) >= 11 is 0. The van der Waals surface area contributed by atoms with Crippen molar-refractivity contribution in [2.45, 2.75) is 44.1 Å². The molecule has 2 atom stereocenters. The maximum atomic E-state index is 12.9. The number of anilines is 2. The summed E-state index contributed by atoms with van der Waals surface area (Å²) in [5, 5.41) is 3.12. The lowest BCUT2D eigenvalue weighted by atomic mass is 10.0. The second-order valence-electron chi connectivity index (χ2n) is 7.46. The number of carbonyl (C=O) groups excluding carboxylic acids is 1. The molecule has 0 aromatic heterocycles. The molecule has 0 bridgehead atoms. The molecule has 136 valence electrons. The molecule has 1 amide bonds. The third kappa shape index (κ3) is 3.47. The number of hydrogen-bond acceptors (Lipinski definition) is 3. The van der Waals surface area contributed by atoms with Gasteiger partial charge in [0.1, 0.15) is 0 Å². The number of nitrogens with two attached hydrogens (primary N) is 1. The van der Waals surface area contributed by atoms with E-state index in [9.17, 15) is 4.79 Å². The molecule has 4 nitrogen and oxygen atoms in total. The number of fused-ring (bicyclic) bond motifs is 1. The van der Waals surface area contributed by atoms with Crippen LogP contribution >= 0.6 is 0 Å². The van der Waals surface area contributed by atoms with Gasteiger partial charge in [-0.25, -0.2) is 0 Å². The van der Waals surface area contributed by atoms with Crippen molar-refractivity contribution in [1.82, 2.24) is 0 Å². The van der Waals surface area contributed by atoms with Gasteiger partial charge in [-0.05, 0) is 48.6 Å². The van der Waals surface area contributed by atoms with E-state index >= 15 is 0 Å². The summed E-state index contributed by atoms with van der Waals surface area (Å²) in [7, 11) is 0. The molecule has 2 aliphatic rings. The van der Waals surface area contributed by atoms with Crippen molar-refractivity contribution in [3.63, 3.8) is 0 Å². The van der Waals surface area contributed by atoms with Gasteiger partial charge in [-0.15, -0.1) is 0 Å². The average Bonchev–Trinajstić information content (AvgIpc) is 2.84.